The van der Waals surface area contributed by atoms with Gasteiger partial charge in [-0.2, -0.15) is 0 Å². The van der Waals surface area contributed by atoms with E-state index in [0.29, 0.717) is 0 Å². The van der Waals surface area contributed by atoms with Crippen molar-refractivity contribution >= 4 is 41.5 Å². The summed E-state index contributed by atoms with van der Waals surface area (Å²) in [6.07, 6.45) is 0. The van der Waals surface area contributed by atoms with E-state index in [4.69, 9.17) is 0 Å². The molecule has 0 aliphatic rings. The largest absolute Gasteiger partial charge is 0.343 e. The van der Waals surface area contributed by atoms with E-state index in [2.05, 4.69) is 191 Å². The third-order valence-corrected chi connectivity index (χ3v) is 11.7. The molecule has 2 nitrogen and oxygen atoms in total. The van der Waals surface area contributed by atoms with Crippen LogP contribution in [0.1, 0.15) is 0 Å². The van der Waals surface area contributed by atoms with E-state index in [1.165, 1.54) is 10.4 Å². The van der Waals surface area contributed by atoms with Crippen LogP contribution in [0.4, 0.5) is 22.7 Å². The molecule has 0 saturated carbocycles. The highest BCUT2D eigenvalue weighted by Crippen LogP contribution is 2.39. The standard InChI is InChI=1S/C36H30N2Si/c1-7-19-31(20-8-1)37(32-21-9-2-10-22-32)39(35-27-15-5-16-28-35,36-29-17-6-18-30-36)38(33-23-11-3-12-24-33)34-25-13-4-14-26-34/h1-30H. The Hall–Kier alpha value is -4.86. The van der Waals surface area contributed by atoms with Crippen molar-refractivity contribution in [3.63, 3.8) is 0 Å². The normalized spacial score (nSPS) is 11.1. The van der Waals surface area contributed by atoms with E-state index in [-0.39, 0.29) is 0 Å². The lowest BCUT2D eigenvalue weighted by Crippen LogP contribution is -2.78. The molecule has 0 radical (unpaired) electrons. The van der Waals surface area contributed by atoms with Gasteiger partial charge in [0.25, 0.3) is 0 Å². The van der Waals surface area contributed by atoms with E-state index >= 15 is 0 Å². The Labute approximate surface area is 232 Å². The minimum absolute atomic E-state index is 1.15. The summed E-state index contributed by atoms with van der Waals surface area (Å²) in [6, 6.07) is 65.4. The zero-order valence-electron chi connectivity index (χ0n) is 21.7. The number of anilines is 4. The van der Waals surface area contributed by atoms with Crippen LogP contribution in [0.5, 0.6) is 0 Å². The lowest BCUT2D eigenvalue weighted by Gasteiger charge is -2.51. The molecule has 0 N–H and O–H groups in total. The van der Waals surface area contributed by atoms with Crippen molar-refractivity contribution in [1.29, 1.82) is 0 Å². The molecule has 0 saturated heterocycles. The highest BCUT2D eigenvalue weighted by Gasteiger charge is 2.52. The molecular formula is C36H30N2Si. The Morgan fingerprint density at radius 2 is 0.462 bits per heavy atom. The number of nitrogens with zero attached hydrogens (tertiary/aromatic N) is 2. The molecule has 0 bridgehead atoms. The molecule has 0 atom stereocenters. The molecular weight excluding hydrogens is 488 g/mol. The Kier molecular flexibility index (Phi) is 7.06. The van der Waals surface area contributed by atoms with Gasteiger partial charge in [0.15, 0.2) is 0 Å². The van der Waals surface area contributed by atoms with Crippen molar-refractivity contribution in [2.45, 2.75) is 0 Å². The molecule has 0 fully saturated rings. The first-order chi connectivity index (χ1) is 19.4. The van der Waals surface area contributed by atoms with Crippen LogP contribution in [0.2, 0.25) is 0 Å². The third-order valence-electron chi connectivity index (χ3n) is 7.06. The summed E-state index contributed by atoms with van der Waals surface area (Å²) in [5, 5.41) is 2.58. The number of hydrogen-bond acceptors (Lipinski definition) is 2. The molecule has 0 spiro atoms. The van der Waals surface area contributed by atoms with Crippen LogP contribution >= 0.6 is 0 Å². The summed E-state index contributed by atoms with van der Waals surface area (Å²) in [4.78, 5) is 0. The smallest absolute Gasteiger partial charge is 0.340 e. The van der Waals surface area contributed by atoms with Gasteiger partial charge < -0.3 is 9.13 Å². The maximum absolute atomic E-state index is 3.10. The van der Waals surface area contributed by atoms with Gasteiger partial charge in [-0.1, -0.05) is 133 Å². The molecule has 0 aliphatic heterocycles. The molecule has 0 aliphatic carbocycles. The van der Waals surface area contributed by atoms with Gasteiger partial charge in [0.1, 0.15) is 0 Å². The first-order valence-electron chi connectivity index (χ1n) is 13.3. The fraction of sp³-hybridized carbons (Fsp3) is 0. The summed E-state index contributed by atoms with van der Waals surface area (Å²) in [6.45, 7) is 0. The van der Waals surface area contributed by atoms with Crippen molar-refractivity contribution < 1.29 is 0 Å². The molecule has 6 rings (SSSR count). The van der Waals surface area contributed by atoms with Crippen molar-refractivity contribution in [2.24, 2.45) is 0 Å². The van der Waals surface area contributed by atoms with Crippen LogP contribution < -0.4 is 19.5 Å². The Balaban J connectivity index is 1.82. The van der Waals surface area contributed by atoms with Crippen LogP contribution in [0.3, 0.4) is 0 Å². The second-order valence-corrected chi connectivity index (χ2v) is 12.8. The maximum Gasteiger partial charge on any atom is 0.340 e. The van der Waals surface area contributed by atoms with Crippen LogP contribution in [0.15, 0.2) is 182 Å². The summed E-state index contributed by atoms with van der Waals surface area (Å²) in [7, 11) is -3.10. The van der Waals surface area contributed by atoms with E-state index in [1.807, 2.05) is 0 Å². The maximum atomic E-state index is 2.61. The Morgan fingerprint density at radius 3 is 0.692 bits per heavy atom. The summed E-state index contributed by atoms with van der Waals surface area (Å²) >= 11 is 0. The molecule has 0 unspecified atom stereocenters. The van der Waals surface area contributed by atoms with Crippen LogP contribution in [-0.2, 0) is 0 Å². The van der Waals surface area contributed by atoms with Crippen LogP contribution in [-0.4, -0.2) is 8.40 Å². The first kappa shape index (κ1) is 24.5. The second-order valence-electron chi connectivity index (χ2n) is 9.42. The van der Waals surface area contributed by atoms with E-state index in [0.717, 1.165) is 22.7 Å². The highest BCUT2D eigenvalue weighted by molar-refractivity contribution is 7.08. The van der Waals surface area contributed by atoms with Crippen molar-refractivity contribution in [3.8, 4) is 0 Å². The molecule has 0 amide bonds. The summed E-state index contributed by atoms with van der Waals surface area (Å²) in [5.41, 5.74) is 4.61. The zero-order valence-corrected chi connectivity index (χ0v) is 22.7. The number of hydrogen-bond donors (Lipinski definition) is 0. The van der Waals surface area contributed by atoms with Crippen molar-refractivity contribution in [1.82, 2.24) is 0 Å². The van der Waals surface area contributed by atoms with Gasteiger partial charge in [-0.05, 0) is 58.9 Å². The average Bonchev–Trinajstić information content (AvgIpc) is 3.03. The Morgan fingerprint density at radius 1 is 0.256 bits per heavy atom. The quantitative estimate of drug-likeness (QED) is 0.189. The van der Waals surface area contributed by atoms with Crippen LogP contribution in [0.25, 0.3) is 0 Å². The lowest BCUT2D eigenvalue weighted by atomic mass is 10.2. The topological polar surface area (TPSA) is 6.48 Å². The van der Waals surface area contributed by atoms with Crippen molar-refractivity contribution in [2.75, 3.05) is 9.13 Å². The predicted molar refractivity (Wildman–Crippen MR) is 168 cm³/mol. The van der Waals surface area contributed by atoms with Crippen molar-refractivity contribution in [3.05, 3.63) is 182 Å². The molecule has 3 heteroatoms. The monoisotopic (exact) mass is 518 g/mol. The van der Waals surface area contributed by atoms with Gasteiger partial charge >= 0.3 is 8.40 Å². The number of para-hydroxylation sites is 4. The molecule has 0 heterocycles. The van der Waals surface area contributed by atoms with Gasteiger partial charge in [0.2, 0.25) is 0 Å². The second kappa shape index (κ2) is 11.3. The van der Waals surface area contributed by atoms with Gasteiger partial charge in [-0.25, -0.2) is 0 Å². The van der Waals surface area contributed by atoms with E-state index in [1.54, 1.807) is 0 Å². The zero-order chi connectivity index (χ0) is 26.3. The molecule has 6 aromatic carbocycles. The molecule has 6 aromatic rings. The fourth-order valence-electron chi connectivity index (χ4n) is 5.48. The minimum atomic E-state index is -3.10. The highest BCUT2D eigenvalue weighted by atomic mass is 28.3. The molecule has 39 heavy (non-hydrogen) atoms. The van der Waals surface area contributed by atoms with Gasteiger partial charge in [-0.3, -0.25) is 0 Å². The van der Waals surface area contributed by atoms with E-state index < -0.39 is 8.40 Å². The minimum Gasteiger partial charge on any atom is -0.343 e. The average molecular weight is 519 g/mol. The van der Waals surface area contributed by atoms with Gasteiger partial charge in [-0.15, -0.1) is 0 Å². The fourth-order valence-corrected chi connectivity index (χ4v) is 10.4. The molecule has 188 valence electrons. The summed E-state index contributed by atoms with van der Waals surface area (Å²) < 4.78 is 5.22. The predicted octanol–water partition coefficient (Wildman–Crippen LogP) is 7.92. The lowest BCUT2D eigenvalue weighted by molar-refractivity contribution is 1.25. The van der Waals surface area contributed by atoms with Gasteiger partial charge in [0.05, 0.1) is 0 Å². The summed E-state index contributed by atoms with van der Waals surface area (Å²) in [5.74, 6) is 0. The first-order valence-corrected chi connectivity index (χ1v) is 15.2. The van der Waals surface area contributed by atoms with Gasteiger partial charge in [0, 0.05) is 22.7 Å². The Bertz CT molecular complexity index is 1370. The number of benzene rings is 6. The third kappa shape index (κ3) is 4.65. The number of rotatable bonds is 8. The molecule has 0 aromatic heterocycles. The van der Waals surface area contributed by atoms with E-state index in [9.17, 15) is 0 Å². The van der Waals surface area contributed by atoms with Crippen LogP contribution in [0, 0.1) is 0 Å². The SMILES string of the molecule is c1ccc(N(c2ccccc2)[Si](c2ccccc2)(c2ccccc2)N(c2ccccc2)c2ccccc2)cc1.